The first-order chi connectivity index (χ1) is 9.72. The van der Waals surface area contributed by atoms with E-state index in [0.29, 0.717) is 5.92 Å². The fraction of sp³-hybridized carbons (Fsp3) is 0.375. The number of benzene rings is 1. The van der Waals surface area contributed by atoms with Gasteiger partial charge in [-0.25, -0.2) is 9.37 Å². The Morgan fingerprint density at radius 1 is 1.20 bits per heavy atom. The van der Waals surface area contributed by atoms with Crippen LogP contribution in [0.15, 0.2) is 36.7 Å². The molecule has 3 nitrogen and oxygen atoms in total. The summed E-state index contributed by atoms with van der Waals surface area (Å²) >= 11 is 0. The SMILES string of the molecule is CN1CCC(c2cncc(-c3cccc(F)c3)n2)CC1. The normalized spacial score (nSPS) is 17.3. The van der Waals surface area contributed by atoms with Gasteiger partial charge in [0.05, 0.1) is 17.6 Å². The molecule has 0 radical (unpaired) electrons. The second-order valence-corrected chi connectivity index (χ2v) is 5.42. The van der Waals surface area contributed by atoms with E-state index in [0.717, 1.165) is 42.9 Å². The highest BCUT2D eigenvalue weighted by Gasteiger charge is 2.20. The summed E-state index contributed by atoms with van der Waals surface area (Å²) in [6, 6.07) is 6.51. The molecule has 0 aliphatic carbocycles. The molecule has 0 amide bonds. The molecule has 0 saturated carbocycles. The van der Waals surface area contributed by atoms with Gasteiger partial charge in [0.2, 0.25) is 0 Å². The minimum Gasteiger partial charge on any atom is -0.306 e. The topological polar surface area (TPSA) is 29.0 Å². The van der Waals surface area contributed by atoms with Crippen LogP contribution in [-0.2, 0) is 0 Å². The molecule has 4 heteroatoms. The molecule has 1 aromatic carbocycles. The summed E-state index contributed by atoms with van der Waals surface area (Å²) in [6.07, 6.45) is 5.77. The van der Waals surface area contributed by atoms with Gasteiger partial charge >= 0.3 is 0 Å². The van der Waals surface area contributed by atoms with Gasteiger partial charge in [-0.3, -0.25) is 4.98 Å². The van der Waals surface area contributed by atoms with E-state index in [-0.39, 0.29) is 5.82 Å². The van der Waals surface area contributed by atoms with E-state index in [2.05, 4.69) is 21.9 Å². The van der Waals surface area contributed by atoms with E-state index >= 15 is 0 Å². The Balaban J connectivity index is 1.86. The van der Waals surface area contributed by atoms with Crippen molar-refractivity contribution in [2.24, 2.45) is 0 Å². The largest absolute Gasteiger partial charge is 0.306 e. The van der Waals surface area contributed by atoms with Gasteiger partial charge in [0.15, 0.2) is 0 Å². The Kier molecular flexibility index (Phi) is 3.74. The first-order valence-corrected chi connectivity index (χ1v) is 6.99. The third kappa shape index (κ3) is 2.85. The molecule has 0 atom stereocenters. The molecular weight excluding hydrogens is 253 g/mol. The highest BCUT2D eigenvalue weighted by molar-refractivity contribution is 5.58. The van der Waals surface area contributed by atoms with E-state index < -0.39 is 0 Å². The number of halogens is 1. The molecule has 1 saturated heterocycles. The summed E-state index contributed by atoms with van der Waals surface area (Å²) in [5, 5.41) is 0. The lowest BCUT2D eigenvalue weighted by atomic mass is 9.94. The molecule has 1 aliphatic rings. The Morgan fingerprint density at radius 3 is 2.75 bits per heavy atom. The van der Waals surface area contributed by atoms with Gasteiger partial charge < -0.3 is 4.90 Å². The molecule has 1 aliphatic heterocycles. The summed E-state index contributed by atoms with van der Waals surface area (Å²) in [4.78, 5) is 11.3. The number of hydrogen-bond donors (Lipinski definition) is 0. The first-order valence-electron chi connectivity index (χ1n) is 6.99. The number of piperidine rings is 1. The maximum absolute atomic E-state index is 13.3. The van der Waals surface area contributed by atoms with E-state index in [1.165, 1.54) is 12.1 Å². The molecule has 104 valence electrons. The minimum absolute atomic E-state index is 0.242. The molecule has 0 bridgehead atoms. The van der Waals surface area contributed by atoms with Crippen molar-refractivity contribution in [3.8, 4) is 11.3 Å². The van der Waals surface area contributed by atoms with Gasteiger partial charge in [-0.15, -0.1) is 0 Å². The predicted molar refractivity (Wildman–Crippen MR) is 76.9 cm³/mol. The standard InChI is InChI=1S/C16H18FN3/c1-20-7-5-12(6-8-20)15-10-18-11-16(19-15)13-3-2-4-14(17)9-13/h2-4,9-12H,5-8H2,1H3. The van der Waals surface area contributed by atoms with E-state index in [1.54, 1.807) is 12.3 Å². The van der Waals surface area contributed by atoms with Crippen molar-refractivity contribution >= 4 is 0 Å². The highest BCUT2D eigenvalue weighted by Crippen LogP contribution is 2.27. The average molecular weight is 271 g/mol. The summed E-state index contributed by atoms with van der Waals surface area (Å²) in [6.45, 7) is 2.19. The van der Waals surface area contributed by atoms with Gasteiger partial charge in [0.1, 0.15) is 5.82 Å². The summed E-state index contributed by atoms with van der Waals surface area (Å²) in [7, 11) is 2.14. The zero-order valence-electron chi connectivity index (χ0n) is 11.6. The Bertz CT molecular complexity index is 592. The average Bonchev–Trinajstić information content (AvgIpc) is 2.48. The van der Waals surface area contributed by atoms with Crippen LogP contribution in [0.2, 0.25) is 0 Å². The van der Waals surface area contributed by atoms with Crippen LogP contribution in [0.3, 0.4) is 0 Å². The van der Waals surface area contributed by atoms with Gasteiger partial charge in [0, 0.05) is 17.7 Å². The van der Waals surface area contributed by atoms with Crippen LogP contribution < -0.4 is 0 Å². The maximum atomic E-state index is 13.3. The van der Waals surface area contributed by atoms with Crippen molar-refractivity contribution in [1.29, 1.82) is 0 Å². The fourth-order valence-corrected chi connectivity index (χ4v) is 2.67. The van der Waals surface area contributed by atoms with Crippen molar-refractivity contribution in [3.05, 3.63) is 48.2 Å². The van der Waals surface area contributed by atoms with E-state index in [1.807, 2.05) is 12.3 Å². The second kappa shape index (κ2) is 5.67. The second-order valence-electron chi connectivity index (χ2n) is 5.42. The van der Waals surface area contributed by atoms with Crippen LogP contribution in [0.1, 0.15) is 24.5 Å². The minimum atomic E-state index is -0.242. The first kappa shape index (κ1) is 13.2. The van der Waals surface area contributed by atoms with Crippen molar-refractivity contribution in [2.75, 3.05) is 20.1 Å². The molecule has 0 N–H and O–H groups in total. The molecule has 2 heterocycles. The monoisotopic (exact) mass is 271 g/mol. The van der Waals surface area contributed by atoms with Crippen LogP contribution in [0.25, 0.3) is 11.3 Å². The summed E-state index contributed by atoms with van der Waals surface area (Å²) in [5.41, 5.74) is 2.56. The number of rotatable bonds is 2. The Morgan fingerprint density at radius 2 is 2.00 bits per heavy atom. The van der Waals surface area contributed by atoms with Crippen LogP contribution in [0.5, 0.6) is 0 Å². The number of likely N-dealkylation sites (tertiary alicyclic amines) is 1. The zero-order chi connectivity index (χ0) is 13.9. The van der Waals surface area contributed by atoms with Crippen LogP contribution in [0.4, 0.5) is 4.39 Å². The van der Waals surface area contributed by atoms with E-state index in [9.17, 15) is 4.39 Å². The smallest absolute Gasteiger partial charge is 0.123 e. The van der Waals surface area contributed by atoms with Crippen molar-refractivity contribution in [1.82, 2.24) is 14.9 Å². The summed E-state index contributed by atoms with van der Waals surface area (Å²) < 4.78 is 13.3. The number of aromatic nitrogens is 2. The van der Waals surface area contributed by atoms with Gasteiger partial charge in [-0.05, 0) is 45.1 Å². The third-order valence-electron chi connectivity index (χ3n) is 3.91. The molecule has 0 spiro atoms. The third-order valence-corrected chi connectivity index (χ3v) is 3.91. The van der Waals surface area contributed by atoms with Crippen molar-refractivity contribution < 1.29 is 4.39 Å². The van der Waals surface area contributed by atoms with Gasteiger partial charge in [-0.1, -0.05) is 12.1 Å². The van der Waals surface area contributed by atoms with Crippen LogP contribution in [-0.4, -0.2) is 35.0 Å². The number of nitrogens with zero attached hydrogens (tertiary/aromatic N) is 3. The van der Waals surface area contributed by atoms with Gasteiger partial charge in [-0.2, -0.15) is 0 Å². The van der Waals surface area contributed by atoms with E-state index in [4.69, 9.17) is 0 Å². The summed E-state index contributed by atoms with van der Waals surface area (Å²) in [5.74, 6) is 0.223. The lowest BCUT2D eigenvalue weighted by Gasteiger charge is -2.28. The maximum Gasteiger partial charge on any atom is 0.123 e. The molecule has 1 aromatic heterocycles. The van der Waals surface area contributed by atoms with Crippen molar-refractivity contribution in [2.45, 2.75) is 18.8 Å². The highest BCUT2D eigenvalue weighted by atomic mass is 19.1. The quantitative estimate of drug-likeness (QED) is 0.840. The zero-order valence-corrected chi connectivity index (χ0v) is 11.6. The van der Waals surface area contributed by atoms with Crippen LogP contribution >= 0.6 is 0 Å². The predicted octanol–water partition coefficient (Wildman–Crippen LogP) is 3.09. The lowest BCUT2D eigenvalue weighted by Crippen LogP contribution is -2.29. The van der Waals surface area contributed by atoms with Crippen LogP contribution in [0, 0.1) is 5.82 Å². The Hall–Kier alpha value is -1.81. The van der Waals surface area contributed by atoms with Gasteiger partial charge in [0.25, 0.3) is 0 Å². The lowest BCUT2D eigenvalue weighted by molar-refractivity contribution is 0.253. The molecule has 3 rings (SSSR count). The fourth-order valence-electron chi connectivity index (χ4n) is 2.67. The molecule has 0 unspecified atom stereocenters. The molecular formula is C16H18FN3. The van der Waals surface area contributed by atoms with Crippen molar-refractivity contribution in [3.63, 3.8) is 0 Å². The Labute approximate surface area is 118 Å². The number of hydrogen-bond acceptors (Lipinski definition) is 3. The molecule has 1 fully saturated rings. The molecule has 2 aromatic rings. The molecule has 20 heavy (non-hydrogen) atoms.